The number of rotatable bonds is 5. The Morgan fingerprint density at radius 2 is 1.23 bits per heavy atom. The van der Waals surface area contributed by atoms with Crippen LogP contribution in [-0.4, -0.2) is 29.9 Å². The number of anilines is 4. The lowest BCUT2D eigenvalue weighted by Crippen LogP contribution is -2.26. The molecule has 0 fully saturated rings. The molecule has 0 atom stereocenters. The highest BCUT2D eigenvalue weighted by atomic mass is 16.5. The molecule has 31 heavy (non-hydrogen) atoms. The third-order valence-corrected chi connectivity index (χ3v) is 4.95. The van der Waals surface area contributed by atoms with E-state index >= 15 is 0 Å². The second-order valence-corrected chi connectivity index (χ2v) is 6.93. The molecule has 0 bridgehead atoms. The summed E-state index contributed by atoms with van der Waals surface area (Å²) in [6, 6.07) is 10.9. The number of carbonyl (C=O) groups excluding carboxylic acids is 2. The summed E-state index contributed by atoms with van der Waals surface area (Å²) >= 11 is 0. The highest BCUT2D eigenvalue weighted by molar-refractivity contribution is 6.34. The maximum Gasteiger partial charge on any atom is 0.198 e. The molecule has 1 aliphatic carbocycles. The van der Waals surface area contributed by atoms with E-state index in [0.29, 0.717) is 11.5 Å². The van der Waals surface area contributed by atoms with E-state index in [9.17, 15) is 9.59 Å². The summed E-state index contributed by atoms with van der Waals surface area (Å²) in [5.41, 5.74) is 24.5. The minimum atomic E-state index is -0.545. The summed E-state index contributed by atoms with van der Waals surface area (Å²) in [7, 11) is 0. The van der Waals surface area contributed by atoms with E-state index in [1.807, 2.05) is 0 Å². The molecule has 158 valence electrons. The van der Waals surface area contributed by atoms with Gasteiger partial charge in [-0.3, -0.25) is 9.59 Å². The summed E-state index contributed by atoms with van der Waals surface area (Å²) in [6.07, 6.45) is 0. The monoisotopic (exact) mass is 420 g/mol. The van der Waals surface area contributed by atoms with Crippen LogP contribution in [0.2, 0.25) is 0 Å². The Balaban J connectivity index is 1.76. The second-order valence-electron chi connectivity index (χ2n) is 6.93. The summed E-state index contributed by atoms with van der Waals surface area (Å²) in [5.74, 6) is 0.00519. The second kappa shape index (κ2) is 7.54. The van der Waals surface area contributed by atoms with E-state index < -0.39 is 11.6 Å². The van der Waals surface area contributed by atoms with E-state index in [-0.39, 0.29) is 64.0 Å². The summed E-state index contributed by atoms with van der Waals surface area (Å²) < 4.78 is 11.1. The van der Waals surface area contributed by atoms with Gasteiger partial charge < -0.3 is 37.5 Å². The van der Waals surface area contributed by atoms with Crippen LogP contribution in [0.15, 0.2) is 42.5 Å². The summed E-state index contributed by atoms with van der Waals surface area (Å²) in [6.45, 7) is 0.0645. The van der Waals surface area contributed by atoms with Crippen molar-refractivity contribution in [3.8, 4) is 17.2 Å². The molecule has 0 aromatic heterocycles. The number of nitrogens with two attached hydrogens (primary N) is 4. The molecular formula is C22H20N4O5. The first kappa shape index (κ1) is 20.0. The van der Waals surface area contributed by atoms with E-state index in [2.05, 4.69) is 0 Å². The van der Waals surface area contributed by atoms with Gasteiger partial charge in [0.1, 0.15) is 18.1 Å². The number of hydrogen-bond acceptors (Lipinski definition) is 9. The van der Waals surface area contributed by atoms with E-state index in [0.717, 1.165) is 0 Å². The van der Waals surface area contributed by atoms with Crippen LogP contribution in [-0.2, 0) is 0 Å². The number of benzene rings is 3. The minimum absolute atomic E-state index is 0.00568. The van der Waals surface area contributed by atoms with Gasteiger partial charge >= 0.3 is 0 Å². The average molecular weight is 420 g/mol. The van der Waals surface area contributed by atoms with Gasteiger partial charge in [0.2, 0.25) is 0 Å². The molecule has 0 unspecified atom stereocenters. The van der Waals surface area contributed by atoms with Gasteiger partial charge in [0.25, 0.3) is 0 Å². The van der Waals surface area contributed by atoms with Crippen LogP contribution in [0, 0.1) is 0 Å². The number of fused-ring (bicyclic) bond motifs is 2. The molecule has 9 N–H and O–H groups in total. The van der Waals surface area contributed by atoms with Gasteiger partial charge in [-0.2, -0.15) is 0 Å². The van der Waals surface area contributed by atoms with Crippen molar-refractivity contribution in [1.29, 1.82) is 0 Å². The molecule has 0 saturated carbocycles. The summed E-state index contributed by atoms with van der Waals surface area (Å²) in [4.78, 5) is 26.3. The van der Waals surface area contributed by atoms with Crippen molar-refractivity contribution < 1.29 is 24.2 Å². The average Bonchev–Trinajstić information content (AvgIpc) is 2.75. The van der Waals surface area contributed by atoms with Gasteiger partial charge in [-0.05, 0) is 36.4 Å². The molecule has 4 rings (SSSR count). The first-order valence-corrected chi connectivity index (χ1v) is 9.34. The van der Waals surface area contributed by atoms with Crippen LogP contribution in [0.4, 0.5) is 22.7 Å². The van der Waals surface area contributed by atoms with Gasteiger partial charge in [0.15, 0.2) is 17.3 Å². The predicted octanol–water partition coefficient (Wildman–Crippen LogP) is 1.95. The topological polar surface area (TPSA) is 177 Å². The fourth-order valence-electron chi connectivity index (χ4n) is 3.53. The number of ether oxygens (including phenoxy) is 2. The Kier molecular flexibility index (Phi) is 4.88. The normalized spacial score (nSPS) is 12.3. The van der Waals surface area contributed by atoms with Crippen molar-refractivity contribution in [1.82, 2.24) is 0 Å². The van der Waals surface area contributed by atoms with E-state index in [1.165, 1.54) is 18.2 Å². The fourth-order valence-corrected chi connectivity index (χ4v) is 3.53. The van der Waals surface area contributed by atoms with Crippen LogP contribution in [0.3, 0.4) is 0 Å². The van der Waals surface area contributed by atoms with E-state index in [1.54, 1.807) is 24.3 Å². The standard InChI is InChI=1S/C22H20N4O5/c23-12-5-6-13(24)17-16(12)21(28)18-14(25)9-15(20(26)19(18)22(17)29)31-11-3-1-10(2-4-11)30-8-7-27/h1-6,9,27H,7-8,23-26H2. The molecule has 0 spiro atoms. The number of aliphatic hydroxyl groups is 1. The van der Waals surface area contributed by atoms with Crippen molar-refractivity contribution >= 4 is 34.3 Å². The third kappa shape index (κ3) is 3.26. The third-order valence-electron chi connectivity index (χ3n) is 4.95. The quantitative estimate of drug-likeness (QED) is 0.302. The lowest BCUT2D eigenvalue weighted by molar-refractivity contribution is 0.0981. The zero-order valence-corrected chi connectivity index (χ0v) is 16.3. The Morgan fingerprint density at radius 1 is 0.710 bits per heavy atom. The molecule has 0 amide bonds. The number of hydrogen-bond donors (Lipinski definition) is 5. The predicted molar refractivity (Wildman–Crippen MR) is 116 cm³/mol. The highest BCUT2D eigenvalue weighted by Gasteiger charge is 2.37. The fraction of sp³-hybridized carbons (Fsp3) is 0.0909. The zero-order valence-electron chi connectivity index (χ0n) is 16.3. The van der Waals surface area contributed by atoms with Gasteiger partial charge in [-0.1, -0.05) is 0 Å². The van der Waals surface area contributed by atoms with Gasteiger partial charge in [-0.25, -0.2) is 0 Å². The van der Waals surface area contributed by atoms with Gasteiger partial charge in [0.05, 0.1) is 34.5 Å². The Hall–Kier alpha value is -4.24. The van der Waals surface area contributed by atoms with Crippen LogP contribution in [0.25, 0.3) is 0 Å². The molecule has 3 aromatic carbocycles. The smallest absolute Gasteiger partial charge is 0.198 e. The summed E-state index contributed by atoms with van der Waals surface area (Å²) in [5, 5.41) is 8.82. The number of nitrogen functional groups attached to an aromatic ring is 4. The number of aliphatic hydroxyl groups excluding tert-OH is 1. The minimum Gasteiger partial charge on any atom is -0.491 e. The lowest BCUT2D eigenvalue weighted by atomic mass is 9.80. The first-order chi connectivity index (χ1) is 14.8. The van der Waals surface area contributed by atoms with Crippen LogP contribution in [0.5, 0.6) is 17.2 Å². The molecular weight excluding hydrogens is 400 g/mol. The largest absolute Gasteiger partial charge is 0.491 e. The number of carbonyl (C=O) groups is 2. The maximum absolute atomic E-state index is 13.2. The van der Waals surface area contributed by atoms with Crippen molar-refractivity contribution in [3.63, 3.8) is 0 Å². The molecule has 0 radical (unpaired) electrons. The van der Waals surface area contributed by atoms with Gasteiger partial charge in [-0.15, -0.1) is 0 Å². The Morgan fingerprint density at radius 3 is 1.81 bits per heavy atom. The zero-order chi connectivity index (χ0) is 22.3. The highest BCUT2D eigenvalue weighted by Crippen LogP contribution is 2.43. The molecule has 0 saturated heterocycles. The van der Waals surface area contributed by atoms with Crippen LogP contribution in [0.1, 0.15) is 31.8 Å². The molecule has 0 aliphatic heterocycles. The van der Waals surface area contributed by atoms with Crippen LogP contribution < -0.4 is 32.4 Å². The lowest BCUT2D eigenvalue weighted by Gasteiger charge is -2.24. The van der Waals surface area contributed by atoms with Crippen molar-refractivity contribution in [2.75, 3.05) is 36.1 Å². The molecule has 3 aromatic rings. The van der Waals surface area contributed by atoms with E-state index in [4.69, 9.17) is 37.5 Å². The van der Waals surface area contributed by atoms with Crippen molar-refractivity contribution in [3.05, 3.63) is 64.7 Å². The SMILES string of the molecule is Nc1ccc(N)c2c1C(=O)c1c(N)cc(Oc3ccc(OCCO)cc3)c(N)c1C2=O. The molecule has 9 nitrogen and oxygen atoms in total. The Labute approximate surface area is 177 Å². The number of ketones is 2. The molecule has 0 heterocycles. The van der Waals surface area contributed by atoms with Crippen LogP contribution >= 0.6 is 0 Å². The Bertz CT molecular complexity index is 1220. The van der Waals surface area contributed by atoms with Crippen molar-refractivity contribution in [2.24, 2.45) is 0 Å². The van der Waals surface area contributed by atoms with Gasteiger partial charge in [0, 0.05) is 23.1 Å². The van der Waals surface area contributed by atoms with Crippen molar-refractivity contribution in [2.45, 2.75) is 0 Å². The molecule has 1 aliphatic rings. The maximum atomic E-state index is 13.2. The molecule has 9 heteroatoms. The first-order valence-electron chi connectivity index (χ1n) is 9.34.